The molecule has 5 nitrogen and oxygen atoms in total. The predicted molar refractivity (Wildman–Crippen MR) is 67.0 cm³/mol. The van der Waals surface area contributed by atoms with Crippen molar-refractivity contribution in [1.29, 1.82) is 0 Å². The fourth-order valence-corrected chi connectivity index (χ4v) is 1.64. The van der Waals surface area contributed by atoms with E-state index < -0.39 is 0 Å². The van der Waals surface area contributed by atoms with Crippen LogP contribution in [0.15, 0.2) is 36.8 Å². The number of amides is 1. The molecule has 0 unspecified atom stereocenters. The van der Waals surface area contributed by atoms with Gasteiger partial charge < -0.3 is 15.4 Å². The molecular weight excluding hydrogens is 230 g/mol. The minimum Gasteiger partial charge on any atom is -0.390 e. The second-order valence-corrected chi connectivity index (χ2v) is 3.92. The van der Waals surface area contributed by atoms with E-state index in [9.17, 15) is 4.79 Å². The number of hydrogen-bond donors (Lipinski definition) is 3. The highest BCUT2D eigenvalue weighted by Crippen LogP contribution is 2.02. The third-order valence-electron chi connectivity index (χ3n) is 2.60. The number of aromatic amines is 1. The van der Waals surface area contributed by atoms with Gasteiger partial charge in [-0.3, -0.25) is 9.78 Å². The van der Waals surface area contributed by atoms with Crippen LogP contribution >= 0.6 is 0 Å². The Morgan fingerprint density at radius 2 is 2.33 bits per heavy atom. The lowest BCUT2D eigenvalue weighted by molar-refractivity contribution is 0.0954. The lowest BCUT2D eigenvalue weighted by atomic mass is 10.2. The van der Waals surface area contributed by atoms with Gasteiger partial charge in [-0.05, 0) is 30.2 Å². The van der Waals surface area contributed by atoms with Crippen molar-refractivity contribution < 1.29 is 9.90 Å². The summed E-state index contributed by atoms with van der Waals surface area (Å²) in [6, 6.07) is 5.19. The molecule has 0 saturated heterocycles. The number of rotatable bonds is 5. The number of H-pyrrole nitrogens is 1. The third-order valence-corrected chi connectivity index (χ3v) is 2.60. The molecule has 0 aliphatic heterocycles. The van der Waals surface area contributed by atoms with Crippen LogP contribution in [-0.4, -0.2) is 27.5 Å². The number of carbonyl (C=O) groups is 1. The molecule has 0 aromatic carbocycles. The highest BCUT2D eigenvalue weighted by atomic mass is 16.3. The SMILES string of the molecule is O=C(NCCc1cc[nH]c1)c1ccnc(CO)c1. The van der Waals surface area contributed by atoms with Crippen LogP contribution in [0, 0.1) is 0 Å². The number of hydrogen-bond acceptors (Lipinski definition) is 3. The summed E-state index contributed by atoms with van der Waals surface area (Å²) in [6.07, 6.45) is 6.07. The zero-order valence-corrected chi connectivity index (χ0v) is 9.89. The Hall–Kier alpha value is -2.14. The Morgan fingerprint density at radius 1 is 1.44 bits per heavy atom. The van der Waals surface area contributed by atoms with E-state index in [1.165, 1.54) is 6.20 Å². The first kappa shape index (κ1) is 12.3. The normalized spacial score (nSPS) is 10.3. The van der Waals surface area contributed by atoms with E-state index in [2.05, 4.69) is 15.3 Å². The molecular formula is C13H15N3O2. The molecule has 0 aliphatic carbocycles. The highest BCUT2D eigenvalue weighted by molar-refractivity contribution is 5.94. The molecule has 94 valence electrons. The molecule has 0 spiro atoms. The van der Waals surface area contributed by atoms with Gasteiger partial charge in [-0.15, -0.1) is 0 Å². The number of nitrogens with one attached hydrogen (secondary N) is 2. The maximum absolute atomic E-state index is 11.8. The Balaban J connectivity index is 1.87. The summed E-state index contributed by atoms with van der Waals surface area (Å²) in [5, 5.41) is 11.8. The van der Waals surface area contributed by atoms with Crippen molar-refractivity contribution in [3.63, 3.8) is 0 Å². The number of nitrogens with zero attached hydrogens (tertiary/aromatic N) is 1. The molecule has 2 aromatic heterocycles. The van der Waals surface area contributed by atoms with Crippen molar-refractivity contribution in [2.24, 2.45) is 0 Å². The second kappa shape index (κ2) is 5.97. The van der Waals surface area contributed by atoms with E-state index in [0.717, 1.165) is 12.0 Å². The van der Waals surface area contributed by atoms with Gasteiger partial charge in [-0.1, -0.05) is 0 Å². The molecule has 3 N–H and O–H groups in total. The maximum Gasteiger partial charge on any atom is 0.251 e. The van der Waals surface area contributed by atoms with Gasteiger partial charge in [0, 0.05) is 30.7 Å². The van der Waals surface area contributed by atoms with Crippen molar-refractivity contribution in [3.8, 4) is 0 Å². The molecule has 0 bridgehead atoms. The summed E-state index contributed by atoms with van der Waals surface area (Å²) in [4.78, 5) is 18.7. The molecule has 2 heterocycles. The molecule has 2 aromatic rings. The van der Waals surface area contributed by atoms with Gasteiger partial charge in [0.15, 0.2) is 0 Å². The van der Waals surface area contributed by atoms with Crippen LogP contribution in [0.5, 0.6) is 0 Å². The van der Waals surface area contributed by atoms with Crippen LogP contribution in [0.3, 0.4) is 0 Å². The number of aliphatic hydroxyl groups excluding tert-OH is 1. The van der Waals surface area contributed by atoms with Crippen LogP contribution < -0.4 is 5.32 Å². The van der Waals surface area contributed by atoms with Gasteiger partial charge in [-0.2, -0.15) is 0 Å². The Kier molecular flexibility index (Phi) is 4.09. The zero-order chi connectivity index (χ0) is 12.8. The molecule has 0 atom stereocenters. The predicted octanol–water partition coefficient (Wildman–Crippen LogP) is 0.874. The van der Waals surface area contributed by atoms with Gasteiger partial charge in [0.05, 0.1) is 12.3 Å². The van der Waals surface area contributed by atoms with Crippen molar-refractivity contribution in [2.45, 2.75) is 13.0 Å². The summed E-state index contributed by atoms with van der Waals surface area (Å²) < 4.78 is 0. The molecule has 5 heteroatoms. The van der Waals surface area contributed by atoms with E-state index in [-0.39, 0.29) is 12.5 Å². The van der Waals surface area contributed by atoms with E-state index in [4.69, 9.17) is 5.11 Å². The molecule has 0 saturated carbocycles. The van der Waals surface area contributed by atoms with Crippen molar-refractivity contribution in [1.82, 2.24) is 15.3 Å². The van der Waals surface area contributed by atoms with Crippen LogP contribution in [-0.2, 0) is 13.0 Å². The molecule has 0 aliphatic rings. The highest BCUT2D eigenvalue weighted by Gasteiger charge is 2.06. The van der Waals surface area contributed by atoms with Crippen LogP contribution in [0.2, 0.25) is 0 Å². The Labute approximate surface area is 105 Å². The topological polar surface area (TPSA) is 78.0 Å². The van der Waals surface area contributed by atoms with E-state index >= 15 is 0 Å². The average Bonchev–Trinajstić information content (AvgIpc) is 2.92. The third kappa shape index (κ3) is 3.18. The van der Waals surface area contributed by atoms with Gasteiger partial charge in [0.25, 0.3) is 5.91 Å². The minimum absolute atomic E-state index is 0.150. The lowest BCUT2D eigenvalue weighted by Crippen LogP contribution is -2.25. The summed E-state index contributed by atoms with van der Waals surface area (Å²) in [7, 11) is 0. The maximum atomic E-state index is 11.8. The largest absolute Gasteiger partial charge is 0.390 e. The van der Waals surface area contributed by atoms with Crippen LogP contribution in [0.25, 0.3) is 0 Å². The van der Waals surface area contributed by atoms with Crippen molar-refractivity contribution in [2.75, 3.05) is 6.54 Å². The van der Waals surface area contributed by atoms with Crippen LogP contribution in [0.4, 0.5) is 0 Å². The first-order chi connectivity index (χ1) is 8.79. The second-order valence-electron chi connectivity index (χ2n) is 3.92. The number of pyridine rings is 1. The number of aliphatic hydroxyl groups is 1. The first-order valence-corrected chi connectivity index (χ1v) is 5.75. The van der Waals surface area contributed by atoms with E-state index in [1.54, 1.807) is 12.1 Å². The van der Waals surface area contributed by atoms with Crippen LogP contribution in [0.1, 0.15) is 21.6 Å². The van der Waals surface area contributed by atoms with Gasteiger partial charge in [0.2, 0.25) is 0 Å². The first-order valence-electron chi connectivity index (χ1n) is 5.75. The van der Waals surface area contributed by atoms with Crippen molar-refractivity contribution in [3.05, 3.63) is 53.6 Å². The molecule has 2 rings (SSSR count). The van der Waals surface area contributed by atoms with Gasteiger partial charge in [0.1, 0.15) is 0 Å². The monoisotopic (exact) mass is 245 g/mol. The smallest absolute Gasteiger partial charge is 0.251 e. The van der Waals surface area contributed by atoms with E-state index in [0.29, 0.717) is 17.8 Å². The Morgan fingerprint density at radius 3 is 3.06 bits per heavy atom. The minimum atomic E-state index is -0.162. The number of carbonyl (C=O) groups excluding carboxylic acids is 1. The fourth-order valence-electron chi connectivity index (χ4n) is 1.64. The van der Waals surface area contributed by atoms with E-state index in [1.807, 2.05) is 18.5 Å². The summed E-state index contributed by atoms with van der Waals surface area (Å²) in [5.74, 6) is -0.150. The van der Waals surface area contributed by atoms with Gasteiger partial charge in [-0.25, -0.2) is 0 Å². The average molecular weight is 245 g/mol. The standard InChI is InChI=1S/C13H15N3O2/c17-9-12-7-11(3-6-15-12)13(18)16-5-2-10-1-4-14-8-10/h1,3-4,6-8,14,17H,2,5,9H2,(H,16,18). The molecule has 0 radical (unpaired) electrons. The zero-order valence-electron chi connectivity index (χ0n) is 9.89. The quantitative estimate of drug-likeness (QED) is 0.731. The van der Waals surface area contributed by atoms with Gasteiger partial charge >= 0.3 is 0 Å². The Bertz CT molecular complexity index is 509. The molecule has 18 heavy (non-hydrogen) atoms. The lowest BCUT2D eigenvalue weighted by Gasteiger charge is -2.05. The summed E-state index contributed by atoms with van der Waals surface area (Å²) in [5.41, 5.74) is 2.16. The van der Waals surface area contributed by atoms with Crippen molar-refractivity contribution >= 4 is 5.91 Å². The number of aromatic nitrogens is 2. The molecule has 1 amide bonds. The summed E-state index contributed by atoms with van der Waals surface area (Å²) in [6.45, 7) is 0.415. The molecule has 0 fully saturated rings. The fraction of sp³-hybridized carbons (Fsp3) is 0.231. The summed E-state index contributed by atoms with van der Waals surface area (Å²) >= 11 is 0.